The Balaban J connectivity index is 1.91. The average Bonchev–Trinajstić information content (AvgIpc) is 2.68. The first-order valence-electron chi connectivity index (χ1n) is 8.72. The second-order valence-electron chi connectivity index (χ2n) is 6.43. The van der Waals surface area contributed by atoms with Crippen molar-refractivity contribution in [2.45, 2.75) is 18.8 Å². The number of halogens is 5. The largest absolute Gasteiger partial charge is 0.421 e. The first kappa shape index (κ1) is 21.8. The van der Waals surface area contributed by atoms with E-state index in [1.807, 2.05) is 0 Å². The van der Waals surface area contributed by atoms with E-state index in [-0.39, 0.29) is 5.56 Å². The molecule has 9 heteroatoms. The van der Waals surface area contributed by atoms with E-state index in [1.165, 1.54) is 12.1 Å². The number of alkyl halides is 3. The quantitative estimate of drug-likeness (QED) is 0.537. The lowest BCUT2D eigenvalue weighted by Crippen LogP contribution is -2.37. The van der Waals surface area contributed by atoms with Gasteiger partial charge in [-0.15, -0.1) is 0 Å². The summed E-state index contributed by atoms with van der Waals surface area (Å²) in [5.74, 6) is -1.32. The molecule has 1 amide bonds. The predicted molar refractivity (Wildman–Crippen MR) is 106 cm³/mol. The van der Waals surface area contributed by atoms with E-state index in [1.54, 1.807) is 36.4 Å². The first-order chi connectivity index (χ1) is 14.2. The second kappa shape index (κ2) is 8.83. The summed E-state index contributed by atoms with van der Waals surface area (Å²) in [6.45, 7) is -0.649. The maximum Gasteiger partial charge on any atom is 0.421 e. The Hall–Kier alpha value is -2.94. The maximum absolute atomic E-state index is 14.6. The van der Waals surface area contributed by atoms with E-state index < -0.39 is 41.6 Å². The van der Waals surface area contributed by atoms with Gasteiger partial charge in [0.15, 0.2) is 0 Å². The number of nitrogens with zero attached hydrogens (tertiary/aromatic N) is 1. The van der Waals surface area contributed by atoms with E-state index in [4.69, 9.17) is 0 Å². The number of aromatic nitrogens is 1. The Morgan fingerprint density at radius 2 is 1.77 bits per heavy atom. The number of amides is 1. The molecule has 1 atom stereocenters. The summed E-state index contributed by atoms with van der Waals surface area (Å²) in [5.41, 5.74) is -1.94. The molecule has 0 saturated heterocycles. The molecule has 3 rings (SSSR count). The molecular formula is C21H15BrF4N2O2. The number of benzene rings is 2. The Morgan fingerprint density at radius 3 is 2.40 bits per heavy atom. The first-order valence-corrected chi connectivity index (χ1v) is 9.52. The van der Waals surface area contributed by atoms with Crippen molar-refractivity contribution < 1.29 is 22.4 Å². The van der Waals surface area contributed by atoms with Crippen LogP contribution in [0.3, 0.4) is 0 Å². The standard InChI is InChI=1S/C21H15BrF4N2O2/c22-14-8-9-15(17(23)11-14)19(13-5-2-1-3-6-13)27-18(29)12-28-10-4-7-16(20(28)30)21(24,25)26/h1-11,19H,12H2,(H,27,29)/t19-/m1/s1. The monoisotopic (exact) mass is 482 g/mol. The van der Waals surface area contributed by atoms with Gasteiger partial charge in [-0.05, 0) is 29.8 Å². The van der Waals surface area contributed by atoms with Crippen LogP contribution in [0.25, 0.3) is 0 Å². The minimum absolute atomic E-state index is 0.175. The molecule has 0 saturated carbocycles. The summed E-state index contributed by atoms with van der Waals surface area (Å²) in [5, 5.41) is 2.61. The summed E-state index contributed by atoms with van der Waals surface area (Å²) >= 11 is 3.17. The van der Waals surface area contributed by atoms with Crippen LogP contribution in [0.5, 0.6) is 0 Å². The van der Waals surface area contributed by atoms with E-state index in [0.29, 0.717) is 20.7 Å². The van der Waals surface area contributed by atoms with Crippen LogP contribution in [0.1, 0.15) is 22.7 Å². The van der Waals surface area contributed by atoms with E-state index in [9.17, 15) is 27.2 Å². The van der Waals surface area contributed by atoms with Gasteiger partial charge in [-0.3, -0.25) is 9.59 Å². The van der Waals surface area contributed by atoms with Gasteiger partial charge >= 0.3 is 6.18 Å². The Kier molecular flexibility index (Phi) is 6.40. The molecule has 1 aromatic heterocycles. The molecule has 1 heterocycles. The zero-order valence-corrected chi connectivity index (χ0v) is 16.9. The fourth-order valence-corrected chi connectivity index (χ4v) is 3.29. The van der Waals surface area contributed by atoms with Crippen LogP contribution < -0.4 is 10.9 Å². The molecule has 4 nitrogen and oxygen atoms in total. The molecule has 0 radical (unpaired) electrons. The summed E-state index contributed by atoms with van der Waals surface area (Å²) in [4.78, 5) is 24.6. The van der Waals surface area contributed by atoms with Crippen molar-refractivity contribution in [1.82, 2.24) is 9.88 Å². The highest BCUT2D eigenvalue weighted by Crippen LogP contribution is 2.27. The van der Waals surface area contributed by atoms with Crippen molar-refractivity contribution in [2.75, 3.05) is 0 Å². The Bertz CT molecular complexity index is 1110. The molecule has 0 unspecified atom stereocenters. The maximum atomic E-state index is 14.6. The van der Waals surface area contributed by atoms with Crippen LogP contribution in [0, 0.1) is 5.82 Å². The van der Waals surface area contributed by atoms with E-state index >= 15 is 0 Å². The van der Waals surface area contributed by atoms with Gasteiger partial charge in [0, 0.05) is 16.2 Å². The lowest BCUT2D eigenvalue weighted by Gasteiger charge is -2.21. The predicted octanol–water partition coefficient (Wildman–Crippen LogP) is 4.67. The van der Waals surface area contributed by atoms with Gasteiger partial charge in [-0.25, -0.2) is 4.39 Å². The third-order valence-corrected chi connectivity index (χ3v) is 4.84. The Morgan fingerprint density at radius 1 is 1.07 bits per heavy atom. The highest BCUT2D eigenvalue weighted by molar-refractivity contribution is 9.10. The molecule has 0 bridgehead atoms. The van der Waals surface area contributed by atoms with Crippen molar-refractivity contribution in [3.05, 3.63) is 104 Å². The number of nitrogens with one attached hydrogen (secondary N) is 1. The topological polar surface area (TPSA) is 51.1 Å². The second-order valence-corrected chi connectivity index (χ2v) is 7.35. The number of pyridine rings is 1. The number of hydrogen-bond acceptors (Lipinski definition) is 2. The van der Waals surface area contributed by atoms with Crippen molar-refractivity contribution in [1.29, 1.82) is 0 Å². The van der Waals surface area contributed by atoms with Crippen LogP contribution >= 0.6 is 15.9 Å². The van der Waals surface area contributed by atoms with Gasteiger partial charge in [-0.1, -0.05) is 52.3 Å². The third kappa shape index (κ3) is 4.96. The van der Waals surface area contributed by atoms with Crippen LogP contribution in [0.4, 0.5) is 17.6 Å². The van der Waals surface area contributed by atoms with Gasteiger partial charge in [0.25, 0.3) is 5.56 Å². The lowest BCUT2D eigenvalue weighted by atomic mass is 9.98. The van der Waals surface area contributed by atoms with Crippen molar-refractivity contribution in [3.8, 4) is 0 Å². The van der Waals surface area contributed by atoms with Crippen molar-refractivity contribution in [2.24, 2.45) is 0 Å². The van der Waals surface area contributed by atoms with Gasteiger partial charge in [0.1, 0.15) is 17.9 Å². The smallest absolute Gasteiger partial charge is 0.344 e. The highest BCUT2D eigenvalue weighted by atomic mass is 79.9. The molecule has 0 aliphatic heterocycles. The molecule has 30 heavy (non-hydrogen) atoms. The fourth-order valence-electron chi connectivity index (χ4n) is 2.96. The molecule has 156 valence electrons. The number of hydrogen-bond donors (Lipinski definition) is 1. The van der Waals surface area contributed by atoms with Gasteiger partial charge in [0.05, 0.1) is 6.04 Å². The van der Waals surface area contributed by atoms with E-state index in [0.717, 1.165) is 12.3 Å². The van der Waals surface area contributed by atoms with Crippen molar-refractivity contribution in [3.63, 3.8) is 0 Å². The normalized spacial score (nSPS) is 12.4. The molecule has 0 spiro atoms. The van der Waals surface area contributed by atoms with Crippen LogP contribution in [0.2, 0.25) is 0 Å². The molecule has 0 aliphatic carbocycles. The molecule has 1 N–H and O–H groups in total. The van der Waals surface area contributed by atoms with E-state index in [2.05, 4.69) is 21.2 Å². The number of rotatable bonds is 5. The third-order valence-electron chi connectivity index (χ3n) is 4.35. The SMILES string of the molecule is O=C(Cn1cccc(C(F)(F)F)c1=O)N[C@H](c1ccccc1)c1ccc(Br)cc1F. The zero-order valence-electron chi connectivity index (χ0n) is 15.3. The van der Waals surface area contributed by atoms with Gasteiger partial charge in [-0.2, -0.15) is 13.2 Å². The minimum atomic E-state index is -4.83. The zero-order chi connectivity index (χ0) is 21.9. The summed E-state index contributed by atoms with van der Waals surface area (Å²) in [6.07, 6.45) is -3.74. The Labute approximate surface area is 177 Å². The molecule has 0 aliphatic rings. The highest BCUT2D eigenvalue weighted by Gasteiger charge is 2.34. The number of carbonyl (C=O) groups is 1. The average molecular weight is 483 g/mol. The molecule has 0 fully saturated rings. The van der Waals surface area contributed by atoms with Gasteiger partial charge < -0.3 is 9.88 Å². The van der Waals surface area contributed by atoms with Crippen LogP contribution in [0.15, 0.2) is 76.1 Å². The molecule has 3 aromatic rings. The van der Waals surface area contributed by atoms with Gasteiger partial charge in [0.2, 0.25) is 5.91 Å². The molecular weight excluding hydrogens is 468 g/mol. The summed E-state index contributed by atoms with van der Waals surface area (Å²) in [6, 6.07) is 13.7. The lowest BCUT2D eigenvalue weighted by molar-refractivity contribution is -0.139. The van der Waals surface area contributed by atoms with Crippen molar-refractivity contribution >= 4 is 21.8 Å². The van der Waals surface area contributed by atoms with Crippen LogP contribution in [-0.2, 0) is 17.5 Å². The minimum Gasteiger partial charge on any atom is -0.344 e. The fraction of sp³-hybridized carbons (Fsp3) is 0.143. The molecule has 2 aromatic carbocycles. The summed E-state index contributed by atoms with van der Waals surface area (Å²) < 4.78 is 54.5. The summed E-state index contributed by atoms with van der Waals surface area (Å²) in [7, 11) is 0. The number of carbonyl (C=O) groups excluding carboxylic acids is 1. The van der Waals surface area contributed by atoms with Crippen LogP contribution in [-0.4, -0.2) is 10.5 Å².